The lowest BCUT2D eigenvalue weighted by atomic mass is 10.0. The Morgan fingerprint density at radius 3 is 2.48 bits per heavy atom. The van der Waals surface area contributed by atoms with Crippen LogP contribution in [0.1, 0.15) is 25.3 Å². The van der Waals surface area contributed by atoms with Gasteiger partial charge in [-0.1, -0.05) is 25.1 Å². The minimum absolute atomic E-state index is 0.0134. The number of aryl methyl sites for hydroxylation is 1. The third kappa shape index (κ3) is 3.55. The van der Waals surface area contributed by atoms with E-state index in [4.69, 9.17) is 0 Å². The molecule has 5 heteroatoms. The standard InChI is InChI=1S/C18H25N3O2/c1-2-19-10-12-20(13-11-19)17(22)14-18(23)21-9-5-7-15-6-3-4-8-16(15)21/h3-4,6,8H,2,5,7,9-14H2,1H3. The fraction of sp³-hybridized carbons (Fsp3) is 0.556. The fourth-order valence-corrected chi connectivity index (χ4v) is 3.44. The molecule has 2 heterocycles. The molecule has 0 aromatic heterocycles. The summed E-state index contributed by atoms with van der Waals surface area (Å²) < 4.78 is 0. The highest BCUT2D eigenvalue weighted by molar-refractivity contribution is 6.05. The van der Waals surface area contributed by atoms with Gasteiger partial charge in [-0.25, -0.2) is 0 Å². The first-order chi connectivity index (χ1) is 11.2. The maximum absolute atomic E-state index is 12.6. The summed E-state index contributed by atoms with van der Waals surface area (Å²) in [4.78, 5) is 31.0. The van der Waals surface area contributed by atoms with Crippen LogP contribution >= 0.6 is 0 Å². The van der Waals surface area contributed by atoms with Gasteiger partial charge in [0, 0.05) is 38.4 Å². The van der Waals surface area contributed by atoms with Crippen molar-refractivity contribution < 1.29 is 9.59 Å². The highest BCUT2D eigenvalue weighted by Gasteiger charge is 2.27. The van der Waals surface area contributed by atoms with Crippen molar-refractivity contribution in [3.8, 4) is 0 Å². The van der Waals surface area contributed by atoms with Crippen LogP contribution in [0.4, 0.5) is 5.69 Å². The van der Waals surface area contributed by atoms with E-state index in [2.05, 4.69) is 17.9 Å². The summed E-state index contributed by atoms with van der Waals surface area (Å²) >= 11 is 0. The number of anilines is 1. The van der Waals surface area contributed by atoms with E-state index in [1.165, 1.54) is 5.56 Å². The van der Waals surface area contributed by atoms with E-state index in [0.29, 0.717) is 6.54 Å². The van der Waals surface area contributed by atoms with Crippen LogP contribution in [0, 0.1) is 0 Å². The molecule has 2 aliphatic rings. The third-order valence-electron chi connectivity index (χ3n) is 4.89. The molecule has 0 radical (unpaired) electrons. The van der Waals surface area contributed by atoms with Crippen molar-refractivity contribution in [1.29, 1.82) is 0 Å². The number of benzene rings is 1. The second kappa shape index (κ2) is 7.13. The van der Waals surface area contributed by atoms with Gasteiger partial charge in [0.15, 0.2) is 0 Å². The Hall–Kier alpha value is -1.88. The van der Waals surface area contributed by atoms with Crippen LogP contribution in [-0.2, 0) is 16.0 Å². The van der Waals surface area contributed by atoms with E-state index < -0.39 is 0 Å². The Labute approximate surface area is 137 Å². The van der Waals surface area contributed by atoms with Crippen LogP contribution in [0.3, 0.4) is 0 Å². The maximum atomic E-state index is 12.6. The largest absolute Gasteiger partial charge is 0.340 e. The van der Waals surface area contributed by atoms with Crippen molar-refractivity contribution in [3.63, 3.8) is 0 Å². The van der Waals surface area contributed by atoms with Crippen LogP contribution in [0.15, 0.2) is 24.3 Å². The van der Waals surface area contributed by atoms with Crippen molar-refractivity contribution in [2.75, 3.05) is 44.2 Å². The van der Waals surface area contributed by atoms with Crippen LogP contribution in [0.5, 0.6) is 0 Å². The van der Waals surface area contributed by atoms with Crippen molar-refractivity contribution in [1.82, 2.24) is 9.80 Å². The number of carbonyl (C=O) groups excluding carboxylic acids is 2. The quantitative estimate of drug-likeness (QED) is 0.795. The molecule has 0 spiro atoms. The first-order valence-corrected chi connectivity index (χ1v) is 8.57. The second-order valence-electron chi connectivity index (χ2n) is 6.27. The van der Waals surface area contributed by atoms with Gasteiger partial charge in [0.2, 0.25) is 11.8 Å². The normalized spacial score (nSPS) is 18.7. The molecule has 1 fully saturated rings. The van der Waals surface area contributed by atoms with Gasteiger partial charge in [-0.3, -0.25) is 9.59 Å². The minimum atomic E-state index is -0.0694. The predicted molar refractivity (Wildman–Crippen MR) is 90.4 cm³/mol. The summed E-state index contributed by atoms with van der Waals surface area (Å²) in [6.45, 7) is 7.14. The highest BCUT2D eigenvalue weighted by Crippen LogP contribution is 2.27. The van der Waals surface area contributed by atoms with Crippen LogP contribution in [0.2, 0.25) is 0 Å². The summed E-state index contributed by atoms with van der Waals surface area (Å²) in [5.74, 6) is -0.103. The Balaban J connectivity index is 1.61. The molecule has 3 rings (SSSR count). The van der Waals surface area contributed by atoms with Gasteiger partial charge in [-0.15, -0.1) is 0 Å². The zero-order valence-electron chi connectivity index (χ0n) is 13.8. The maximum Gasteiger partial charge on any atom is 0.236 e. The number of rotatable bonds is 3. The molecule has 1 saturated heterocycles. The number of para-hydroxylation sites is 1. The minimum Gasteiger partial charge on any atom is -0.340 e. The van der Waals surface area contributed by atoms with Gasteiger partial charge in [0.25, 0.3) is 0 Å². The molecule has 5 nitrogen and oxygen atoms in total. The Bertz CT molecular complexity index is 579. The first kappa shape index (κ1) is 16.0. The zero-order chi connectivity index (χ0) is 16.2. The zero-order valence-corrected chi connectivity index (χ0v) is 13.8. The molecule has 2 amide bonds. The third-order valence-corrected chi connectivity index (χ3v) is 4.89. The number of likely N-dealkylation sites (N-methyl/N-ethyl adjacent to an activating group) is 1. The van der Waals surface area contributed by atoms with Gasteiger partial charge >= 0.3 is 0 Å². The lowest BCUT2D eigenvalue weighted by Crippen LogP contribution is -2.49. The van der Waals surface area contributed by atoms with E-state index >= 15 is 0 Å². The van der Waals surface area contributed by atoms with Crippen LogP contribution in [0.25, 0.3) is 0 Å². The number of hydrogen-bond acceptors (Lipinski definition) is 3. The van der Waals surface area contributed by atoms with Gasteiger partial charge in [-0.05, 0) is 31.0 Å². The average molecular weight is 315 g/mol. The topological polar surface area (TPSA) is 43.9 Å². The van der Waals surface area contributed by atoms with Crippen molar-refractivity contribution in [3.05, 3.63) is 29.8 Å². The first-order valence-electron chi connectivity index (χ1n) is 8.57. The highest BCUT2D eigenvalue weighted by atomic mass is 16.2. The van der Waals surface area contributed by atoms with E-state index in [1.54, 1.807) is 4.90 Å². The molecule has 0 aliphatic carbocycles. The molecule has 23 heavy (non-hydrogen) atoms. The fourth-order valence-electron chi connectivity index (χ4n) is 3.44. The molecule has 0 atom stereocenters. The lowest BCUT2D eigenvalue weighted by molar-refractivity contribution is -0.136. The molecule has 2 aliphatic heterocycles. The van der Waals surface area contributed by atoms with Crippen LogP contribution < -0.4 is 4.90 Å². The molecule has 0 bridgehead atoms. The van der Waals surface area contributed by atoms with E-state index in [9.17, 15) is 9.59 Å². The predicted octanol–water partition coefficient (Wildman–Crippen LogP) is 1.52. The summed E-state index contributed by atoms with van der Waals surface area (Å²) in [5.41, 5.74) is 2.18. The molecule has 1 aromatic carbocycles. The van der Waals surface area contributed by atoms with E-state index in [0.717, 1.165) is 51.3 Å². The monoisotopic (exact) mass is 315 g/mol. The summed E-state index contributed by atoms with van der Waals surface area (Å²) in [7, 11) is 0. The summed E-state index contributed by atoms with van der Waals surface area (Å²) in [5, 5.41) is 0. The van der Waals surface area contributed by atoms with E-state index in [-0.39, 0.29) is 18.2 Å². The molecule has 0 unspecified atom stereocenters. The van der Waals surface area contributed by atoms with Gasteiger partial charge in [0.05, 0.1) is 0 Å². The van der Waals surface area contributed by atoms with Gasteiger partial charge in [-0.2, -0.15) is 0 Å². The number of piperazine rings is 1. The molecule has 124 valence electrons. The number of amides is 2. The van der Waals surface area contributed by atoms with E-state index in [1.807, 2.05) is 23.1 Å². The molecule has 0 saturated carbocycles. The van der Waals surface area contributed by atoms with Crippen LogP contribution in [-0.4, -0.2) is 60.9 Å². The van der Waals surface area contributed by atoms with Gasteiger partial charge in [0.1, 0.15) is 6.42 Å². The second-order valence-corrected chi connectivity index (χ2v) is 6.27. The van der Waals surface area contributed by atoms with Crippen molar-refractivity contribution >= 4 is 17.5 Å². The number of hydrogen-bond donors (Lipinski definition) is 0. The average Bonchev–Trinajstić information content (AvgIpc) is 2.61. The summed E-state index contributed by atoms with van der Waals surface area (Å²) in [6.07, 6.45) is 1.96. The number of fused-ring (bicyclic) bond motifs is 1. The Morgan fingerprint density at radius 2 is 1.74 bits per heavy atom. The molecule has 1 aromatic rings. The smallest absolute Gasteiger partial charge is 0.236 e. The SMILES string of the molecule is CCN1CCN(C(=O)CC(=O)N2CCCc3ccccc32)CC1. The summed E-state index contributed by atoms with van der Waals surface area (Å²) in [6, 6.07) is 8.01. The number of nitrogens with zero attached hydrogens (tertiary/aromatic N) is 3. The van der Waals surface area contributed by atoms with Crippen molar-refractivity contribution in [2.24, 2.45) is 0 Å². The Kier molecular flexibility index (Phi) is 4.96. The lowest BCUT2D eigenvalue weighted by Gasteiger charge is -2.35. The molecular weight excluding hydrogens is 290 g/mol. The number of carbonyl (C=O) groups is 2. The molecule has 0 N–H and O–H groups in total. The molecular formula is C18H25N3O2. The Morgan fingerprint density at radius 1 is 1.00 bits per heavy atom. The van der Waals surface area contributed by atoms with Gasteiger partial charge < -0.3 is 14.7 Å². The van der Waals surface area contributed by atoms with Crippen molar-refractivity contribution in [2.45, 2.75) is 26.2 Å².